The van der Waals surface area contributed by atoms with Crippen molar-refractivity contribution in [3.8, 4) is 28.6 Å². The third-order valence-corrected chi connectivity index (χ3v) is 5.55. The van der Waals surface area contributed by atoms with Crippen LogP contribution >= 0.6 is 0 Å². The fraction of sp³-hybridized carbons (Fsp3) is 0.348. The van der Waals surface area contributed by atoms with Gasteiger partial charge in [-0.15, -0.1) is 0 Å². The van der Waals surface area contributed by atoms with Gasteiger partial charge in [0.05, 0.1) is 32.7 Å². The molecule has 0 amide bonds. The van der Waals surface area contributed by atoms with Crippen molar-refractivity contribution in [1.82, 2.24) is 14.5 Å². The van der Waals surface area contributed by atoms with Gasteiger partial charge >= 0.3 is 0 Å². The molecule has 0 aliphatic carbocycles. The first-order valence-electron chi connectivity index (χ1n) is 9.76. The topological polar surface area (TPSA) is 48.8 Å². The molecule has 0 saturated carbocycles. The van der Waals surface area contributed by atoms with E-state index in [1.165, 1.54) is 11.4 Å². The lowest BCUT2D eigenvalue weighted by Crippen LogP contribution is -2.31. The summed E-state index contributed by atoms with van der Waals surface area (Å²) >= 11 is 0. The van der Waals surface area contributed by atoms with Gasteiger partial charge in [-0.1, -0.05) is 36.4 Å². The molecule has 2 heterocycles. The van der Waals surface area contributed by atoms with E-state index < -0.39 is 0 Å². The second-order valence-electron chi connectivity index (χ2n) is 7.21. The summed E-state index contributed by atoms with van der Waals surface area (Å²) in [5.74, 6) is 3.07. The monoisotopic (exact) mass is 393 g/mol. The van der Waals surface area contributed by atoms with Crippen LogP contribution in [0.15, 0.2) is 42.5 Å². The van der Waals surface area contributed by atoms with Crippen molar-refractivity contribution in [3.05, 3.63) is 59.4 Å². The molecule has 4 rings (SSSR count). The van der Waals surface area contributed by atoms with Crippen molar-refractivity contribution in [2.45, 2.75) is 19.5 Å². The zero-order valence-corrected chi connectivity index (χ0v) is 17.4. The number of aromatic nitrogens is 2. The normalized spacial score (nSPS) is 13.8. The Bertz CT molecular complexity index is 998. The van der Waals surface area contributed by atoms with E-state index in [1.54, 1.807) is 21.3 Å². The molecule has 0 atom stereocenters. The minimum absolute atomic E-state index is 0.636. The highest BCUT2D eigenvalue weighted by Gasteiger charge is 2.25. The van der Waals surface area contributed by atoms with E-state index in [2.05, 4.69) is 40.8 Å². The molecule has 1 aliphatic rings. The van der Waals surface area contributed by atoms with Crippen LogP contribution in [0.1, 0.15) is 17.0 Å². The quantitative estimate of drug-likeness (QED) is 0.640. The molecule has 0 bridgehead atoms. The van der Waals surface area contributed by atoms with Gasteiger partial charge in [-0.2, -0.15) is 0 Å². The van der Waals surface area contributed by atoms with Crippen molar-refractivity contribution in [3.63, 3.8) is 0 Å². The molecule has 6 nitrogen and oxygen atoms in total. The number of fused-ring (bicyclic) bond motifs is 1. The zero-order chi connectivity index (χ0) is 20.4. The first-order chi connectivity index (χ1) is 14.2. The van der Waals surface area contributed by atoms with Crippen LogP contribution in [-0.2, 0) is 26.6 Å². The second-order valence-corrected chi connectivity index (χ2v) is 7.21. The SMILES string of the molecule is COc1ccc(CN2CCc3nc(-c4ccccc4)n(C)c3C2)c(OC)c1OC. The first kappa shape index (κ1) is 19.3. The van der Waals surface area contributed by atoms with Crippen molar-refractivity contribution >= 4 is 0 Å². The van der Waals surface area contributed by atoms with Gasteiger partial charge in [-0.3, -0.25) is 4.90 Å². The average molecular weight is 393 g/mol. The van der Waals surface area contributed by atoms with E-state index in [9.17, 15) is 0 Å². The molecular formula is C23H27N3O3. The Labute approximate surface area is 171 Å². The maximum Gasteiger partial charge on any atom is 0.203 e. The molecule has 3 aromatic rings. The fourth-order valence-corrected chi connectivity index (χ4v) is 4.05. The third kappa shape index (κ3) is 3.56. The van der Waals surface area contributed by atoms with E-state index >= 15 is 0 Å². The maximum atomic E-state index is 5.66. The van der Waals surface area contributed by atoms with Gasteiger partial charge in [-0.25, -0.2) is 4.98 Å². The lowest BCUT2D eigenvalue weighted by Gasteiger charge is -2.28. The summed E-state index contributed by atoms with van der Waals surface area (Å²) in [7, 11) is 7.05. The molecule has 0 unspecified atom stereocenters. The molecule has 0 spiro atoms. The molecule has 0 saturated heterocycles. The van der Waals surface area contributed by atoms with E-state index in [0.717, 1.165) is 48.8 Å². The Morgan fingerprint density at radius 1 is 0.931 bits per heavy atom. The van der Waals surface area contributed by atoms with Crippen molar-refractivity contribution in [1.29, 1.82) is 0 Å². The van der Waals surface area contributed by atoms with Gasteiger partial charge in [0, 0.05) is 44.2 Å². The lowest BCUT2D eigenvalue weighted by atomic mass is 10.1. The predicted molar refractivity (Wildman–Crippen MR) is 113 cm³/mol. The Balaban J connectivity index is 1.59. The summed E-state index contributed by atoms with van der Waals surface area (Å²) in [5.41, 5.74) is 4.70. The molecule has 0 fully saturated rings. The minimum Gasteiger partial charge on any atom is -0.493 e. The summed E-state index contributed by atoms with van der Waals surface area (Å²) in [5, 5.41) is 0. The highest BCUT2D eigenvalue weighted by molar-refractivity contribution is 5.57. The minimum atomic E-state index is 0.636. The zero-order valence-electron chi connectivity index (χ0n) is 17.4. The molecular weight excluding hydrogens is 366 g/mol. The van der Waals surface area contributed by atoms with Crippen molar-refractivity contribution in [2.75, 3.05) is 27.9 Å². The number of rotatable bonds is 6. The molecule has 0 radical (unpaired) electrons. The van der Waals surface area contributed by atoms with Crippen LogP contribution in [0.4, 0.5) is 0 Å². The van der Waals surface area contributed by atoms with Gasteiger partial charge in [0.15, 0.2) is 11.5 Å². The van der Waals surface area contributed by atoms with E-state index in [1.807, 2.05) is 18.2 Å². The van der Waals surface area contributed by atoms with Gasteiger partial charge in [0.2, 0.25) is 5.75 Å². The summed E-state index contributed by atoms with van der Waals surface area (Å²) in [6, 6.07) is 14.3. The summed E-state index contributed by atoms with van der Waals surface area (Å²) in [6.07, 6.45) is 0.936. The van der Waals surface area contributed by atoms with Crippen LogP contribution < -0.4 is 14.2 Å². The second kappa shape index (κ2) is 8.17. The van der Waals surface area contributed by atoms with Gasteiger partial charge in [0.25, 0.3) is 0 Å². The van der Waals surface area contributed by atoms with Crippen molar-refractivity contribution < 1.29 is 14.2 Å². The summed E-state index contributed by atoms with van der Waals surface area (Å²) in [6.45, 7) is 2.58. The number of nitrogens with zero attached hydrogens (tertiary/aromatic N) is 3. The number of hydrogen-bond donors (Lipinski definition) is 0. The summed E-state index contributed by atoms with van der Waals surface area (Å²) in [4.78, 5) is 7.34. The van der Waals surface area contributed by atoms with Gasteiger partial charge in [-0.05, 0) is 6.07 Å². The van der Waals surface area contributed by atoms with E-state index in [4.69, 9.17) is 19.2 Å². The molecule has 6 heteroatoms. The molecule has 0 N–H and O–H groups in total. The average Bonchev–Trinajstić information content (AvgIpc) is 3.10. The number of methoxy groups -OCH3 is 3. The van der Waals surface area contributed by atoms with Crippen LogP contribution in [0.5, 0.6) is 17.2 Å². The van der Waals surface area contributed by atoms with Crippen LogP contribution in [0.3, 0.4) is 0 Å². The molecule has 29 heavy (non-hydrogen) atoms. The maximum absolute atomic E-state index is 5.66. The lowest BCUT2D eigenvalue weighted by molar-refractivity contribution is 0.233. The van der Waals surface area contributed by atoms with Gasteiger partial charge in [0.1, 0.15) is 5.82 Å². The molecule has 1 aromatic heterocycles. The highest BCUT2D eigenvalue weighted by Crippen LogP contribution is 2.40. The largest absolute Gasteiger partial charge is 0.493 e. The van der Waals surface area contributed by atoms with Crippen LogP contribution in [-0.4, -0.2) is 42.3 Å². The van der Waals surface area contributed by atoms with E-state index in [-0.39, 0.29) is 0 Å². The molecule has 152 valence electrons. The van der Waals surface area contributed by atoms with Crippen LogP contribution in [0.25, 0.3) is 11.4 Å². The molecule has 2 aromatic carbocycles. The first-order valence-corrected chi connectivity index (χ1v) is 9.76. The fourth-order valence-electron chi connectivity index (χ4n) is 4.05. The Hall–Kier alpha value is -2.99. The van der Waals surface area contributed by atoms with Crippen LogP contribution in [0, 0.1) is 0 Å². The summed E-state index contributed by atoms with van der Waals surface area (Å²) < 4.78 is 18.8. The Kier molecular flexibility index (Phi) is 5.45. The number of imidazole rings is 1. The van der Waals surface area contributed by atoms with E-state index in [0.29, 0.717) is 11.5 Å². The third-order valence-electron chi connectivity index (χ3n) is 5.55. The highest BCUT2D eigenvalue weighted by atomic mass is 16.5. The van der Waals surface area contributed by atoms with Crippen molar-refractivity contribution in [2.24, 2.45) is 7.05 Å². The predicted octanol–water partition coefficient (Wildman–Crippen LogP) is 3.67. The Morgan fingerprint density at radius 2 is 1.69 bits per heavy atom. The standard InChI is InChI=1S/C23H27N3O3/c1-25-19-15-26(13-12-18(19)24-23(25)16-8-6-5-7-9-16)14-17-10-11-20(27-2)22(29-4)21(17)28-3/h5-11H,12-15H2,1-4H3. The van der Waals surface area contributed by atoms with Crippen LogP contribution in [0.2, 0.25) is 0 Å². The Morgan fingerprint density at radius 3 is 2.38 bits per heavy atom. The smallest absolute Gasteiger partial charge is 0.203 e. The number of hydrogen-bond acceptors (Lipinski definition) is 5. The number of ether oxygens (including phenoxy) is 3. The number of benzene rings is 2. The molecule has 1 aliphatic heterocycles. The van der Waals surface area contributed by atoms with Gasteiger partial charge < -0.3 is 18.8 Å².